The zero-order valence-electron chi connectivity index (χ0n) is 46.5. The van der Waals surface area contributed by atoms with Crippen LogP contribution in [-0.4, -0.2) is 129 Å². The van der Waals surface area contributed by atoms with E-state index in [9.17, 15) is 48.9 Å². The second-order valence-electron chi connectivity index (χ2n) is 25.3. The molecule has 0 aromatic carbocycles. The Hall–Kier alpha value is -5.17. The molecule has 0 aromatic heterocycles. The van der Waals surface area contributed by atoms with Crippen molar-refractivity contribution >= 4 is 41.8 Å². The highest BCUT2D eigenvalue weighted by molar-refractivity contribution is 5.90. The van der Waals surface area contributed by atoms with Crippen molar-refractivity contribution in [3.8, 4) is 0 Å². The van der Waals surface area contributed by atoms with Gasteiger partial charge in [0.1, 0.15) is 23.4 Å². The van der Waals surface area contributed by atoms with E-state index in [1.165, 1.54) is 38.7 Å². The van der Waals surface area contributed by atoms with E-state index >= 15 is 0 Å². The molecular formula is C60H84O18. The Labute approximate surface area is 458 Å². The smallest absolute Gasteiger partial charge is 0.347 e. The lowest BCUT2D eigenvalue weighted by Gasteiger charge is -2.62. The van der Waals surface area contributed by atoms with Gasteiger partial charge >= 0.3 is 41.8 Å². The van der Waals surface area contributed by atoms with Crippen LogP contribution < -0.4 is 0 Å². The van der Waals surface area contributed by atoms with Gasteiger partial charge in [0.25, 0.3) is 0 Å². The Morgan fingerprint density at radius 1 is 0.551 bits per heavy atom. The third kappa shape index (κ3) is 14.6. The SMILES string of the molecule is C=C(C)C(=O)OC12CC3CC(CC(C3)C1C)C2.C=C(C)C(=O)OC12CC3CC(O)(CC(O)(C3)C1)C2.C=C(C)C(=O)OC1CCOC1=O.C=C(C)C(=O)OCCOC1CCOC1=O.C=CC(=O)OC12CC3CC(CC(O)(C3)C1)C2. The molecule has 14 rings (SSSR count). The van der Waals surface area contributed by atoms with E-state index in [-0.39, 0.29) is 53.8 Å². The maximum atomic E-state index is 11.9. The topological polar surface area (TPSA) is 254 Å². The maximum Gasteiger partial charge on any atom is 0.347 e. The molecule has 3 N–H and O–H groups in total. The van der Waals surface area contributed by atoms with Crippen LogP contribution in [0.25, 0.3) is 0 Å². The molecule has 14 aliphatic rings. The number of ether oxygens (including phenoxy) is 8. The van der Waals surface area contributed by atoms with Crippen molar-refractivity contribution < 1.29 is 86.8 Å². The van der Waals surface area contributed by atoms with Crippen LogP contribution in [0.3, 0.4) is 0 Å². The van der Waals surface area contributed by atoms with E-state index in [2.05, 4.69) is 44.6 Å². The van der Waals surface area contributed by atoms with Crippen LogP contribution in [0.5, 0.6) is 0 Å². The number of rotatable bonds is 13. The van der Waals surface area contributed by atoms with Crippen molar-refractivity contribution in [2.24, 2.45) is 41.4 Å². The first kappa shape index (κ1) is 60.5. The number of carbonyl (C=O) groups excluding carboxylic acids is 7. The molecule has 2 aliphatic heterocycles. The van der Waals surface area contributed by atoms with Crippen molar-refractivity contribution in [1.29, 1.82) is 0 Å². The number of esters is 7. The number of hydrogen-bond donors (Lipinski definition) is 3. The van der Waals surface area contributed by atoms with Gasteiger partial charge in [-0.1, -0.05) is 39.8 Å². The van der Waals surface area contributed by atoms with E-state index in [0.717, 1.165) is 75.5 Å². The zero-order chi connectivity index (χ0) is 57.2. The molecule has 2 heterocycles. The highest BCUT2D eigenvalue weighted by Crippen LogP contribution is 2.62. The summed E-state index contributed by atoms with van der Waals surface area (Å²) in [6.07, 6.45) is 16.3. The van der Waals surface area contributed by atoms with Crippen molar-refractivity contribution in [2.45, 2.75) is 202 Å². The summed E-state index contributed by atoms with van der Waals surface area (Å²) in [6, 6.07) is 0. The van der Waals surface area contributed by atoms with Crippen LogP contribution in [0, 0.1) is 41.4 Å². The van der Waals surface area contributed by atoms with Crippen LogP contribution in [0.2, 0.25) is 0 Å². The fourth-order valence-electron chi connectivity index (χ4n) is 15.7. The van der Waals surface area contributed by atoms with Gasteiger partial charge in [-0.2, -0.15) is 0 Å². The predicted octanol–water partition coefficient (Wildman–Crippen LogP) is 7.28. The third-order valence-corrected chi connectivity index (χ3v) is 17.8. The Morgan fingerprint density at radius 3 is 1.50 bits per heavy atom. The molecule has 12 bridgehead atoms. The fourth-order valence-corrected chi connectivity index (χ4v) is 15.7. The first-order valence-electron chi connectivity index (χ1n) is 27.9. The van der Waals surface area contributed by atoms with E-state index in [1.54, 1.807) is 20.8 Å². The Kier molecular flexibility index (Phi) is 18.5. The van der Waals surface area contributed by atoms with Crippen LogP contribution in [-0.2, 0) is 71.5 Å². The molecule has 14 fully saturated rings. The molecule has 0 radical (unpaired) electrons. The molecule has 9 atom stereocenters. The second kappa shape index (κ2) is 23.9. The summed E-state index contributed by atoms with van der Waals surface area (Å²) >= 11 is 0. The summed E-state index contributed by atoms with van der Waals surface area (Å²) in [5.74, 6) is 1.55. The molecule has 0 aromatic rings. The monoisotopic (exact) mass is 1090 g/mol. The van der Waals surface area contributed by atoms with Crippen LogP contribution in [0.1, 0.15) is 157 Å². The molecule has 2 saturated heterocycles. The van der Waals surface area contributed by atoms with E-state index in [0.29, 0.717) is 86.2 Å². The molecule has 78 heavy (non-hydrogen) atoms. The number of carbonyl (C=O) groups is 7. The van der Waals surface area contributed by atoms with Gasteiger partial charge < -0.3 is 53.2 Å². The first-order chi connectivity index (χ1) is 36.5. The Bertz CT molecular complexity index is 2350. The van der Waals surface area contributed by atoms with Gasteiger partial charge in [-0.3, -0.25) is 0 Å². The minimum absolute atomic E-state index is 0.121. The third-order valence-electron chi connectivity index (χ3n) is 17.8. The largest absolute Gasteiger partial charge is 0.464 e. The van der Waals surface area contributed by atoms with E-state index in [1.807, 2.05) is 0 Å². The molecule has 12 saturated carbocycles. The lowest BCUT2D eigenvalue weighted by Crippen LogP contribution is -2.66. The average molecular weight is 1090 g/mol. The van der Waals surface area contributed by atoms with Gasteiger partial charge in [0.05, 0.1) is 36.6 Å². The molecule has 9 unspecified atom stereocenters. The summed E-state index contributed by atoms with van der Waals surface area (Å²) in [6.45, 7) is 27.3. The summed E-state index contributed by atoms with van der Waals surface area (Å²) in [7, 11) is 0. The Balaban J connectivity index is 0.000000142. The first-order valence-corrected chi connectivity index (χ1v) is 27.9. The summed E-state index contributed by atoms with van der Waals surface area (Å²) in [5.41, 5.74) is -1.96. The van der Waals surface area contributed by atoms with Gasteiger partial charge in [0, 0.05) is 66.9 Å². The van der Waals surface area contributed by atoms with Gasteiger partial charge in [-0.25, -0.2) is 33.6 Å². The van der Waals surface area contributed by atoms with Crippen molar-refractivity contribution in [3.63, 3.8) is 0 Å². The lowest BCUT2D eigenvalue weighted by molar-refractivity contribution is -0.260. The second-order valence-corrected chi connectivity index (χ2v) is 25.3. The molecular weight excluding hydrogens is 1010 g/mol. The predicted molar refractivity (Wildman–Crippen MR) is 281 cm³/mol. The van der Waals surface area contributed by atoms with Gasteiger partial charge in [0.15, 0.2) is 6.10 Å². The average Bonchev–Trinajstić information content (AvgIpc) is 4.02. The number of hydrogen-bond acceptors (Lipinski definition) is 18. The highest BCUT2D eigenvalue weighted by atomic mass is 16.6. The highest BCUT2D eigenvalue weighted by Gasteiger charge is 2.65. The van der Waals surface area contributed by atoms with E-state index in [4.69, 9.17) is 33.2 Å². The molecule has 432 valence electrons. The van der Waals surface area contributed by atoms with Gasteiger partial charge in [0.2, 0.25) is 6.10 Å². The number of cyclic esters (lactones) is 2. The van der Waals surface area contributed by atoms with Crippen molar-refractivity contribution in [3.05, 3.63) is 61.3 Å². The van der Waals surface area contributed by atoms with E-state index < -0.39 is 58.5 Å². The molecule has 0 amide bonds. The maximum absolute atomic E-state index is 11.9. The fraction of sp³-hybridized carbons (Fsp3) is 0.717. The lowest BCUT2D eigenvalue weighted by atomic mass is 9.50. The summed E-state index contributed by atoms with van der Waals surface area (Å²) in [4.78, 5) is 78.6. The molecule has 18 nitrogen and oxygen atoms in total. The van der Waals surface area contributed by atoms with Gasteiger partial charge in [-0.05, 0) is 153 Å². The molecule has 18 heteroatoms. The summed E-state index contributed by atoms with van der Waals surface area (Å²) < 4.78 is 41.0. The standard InChI is InChI=1S/C15H22O2.C14H20O4.C13H18O3.C10H14O5.C8H10O4/c1-9(2)14(16)17-15-7-11-4-12(8-15)6-13(5-11)10(15)3;1-9(2)11(15)18-14-5-10-3-12(16,7-14)6-13(17,4-10)8-14;1-2-11(14)16-13-6-9-3-10(7-13)5-12(15,4-9)8-13;1-7(2)9(11)15-6-5-13-8-3-4-14-10(8)12;1-5(2)7(9)12-6-3-4-11-8(6)10/h10-13H,1,4-8H2,2-3H3;10,16-17H,1,3-8H2,2H3;2,9-10,15H,1,3-8H2;8H,1,3-6H2,2H3;6H,1,3-4H2,2H3. The quantitative estimate of drug-likeness (QED) is 0.0709. The van der Waals surface area contributed by atoms with Crippen LogP contribution >= 0.6 is 0 Å². The Morgan fingerprint density at radius 2 is 1.03 bits per heavy atom. The summed E-state index contributed by atoms with van der Waals surface area (Å²) in [5, 5.41) is 31.5. The minimum atomic E-state index is -0.858. The van der Waals surface area contributed by atoms with Crippen molar-refractivity contribution in [1.82, 2.24) is 0 Å². The van der Waals surface area contributed by atoms with Crippen LogP contribution in [0.4, 0.5) is 0 Å². The number of aliphatic hydroxyl groups is 3. The zero-order valence-corrected chi connectivity index (χ0v) is 46.5. The molecule has 12 aliphatic carbocycles. The van der Waals surface area contributed by atoms with Gasteiger partial charge in [-0.15, -0.1) is 0 Å². The van der Waals surface area contributed by atoms with Crippen molar-refractivity contribution in [2.75, 3.05) is 26.4 Å². The van der Waals surface area contributed by atoms with Crippen LogP contribution in [0.15, 0.2) is 61.3 Å². The minimum Gasteiger partial charge on any atom is -0.464 e. The molecule has 0 spiro atoms. The normalized spacial score (nSPS) is 38.8.